The van der Waals surface area contributed by atoms with Crippen LogP contribution in [0.4, 0.5) is 0 Å². The molecule has 0 aliphatic heterocycles. The van der Waals surface area contributed by atoms with E-state index in [4.69, 9.17) is 19.4 Å². The van der Waals surface area contributed by atoms with Crippen molar-refractivity contribution in [3.63, 3.8) is 0 Å². The molecule has 0 unspecified atom stereocenters. The van der Waals surface area contributed by atoms with E-state index in [1.54, 1.807) is 14.2 Å². The first-order chi connectivity index (χ1) is 20.2. The number of benzene rings is 4. The van der Waals surface area contributed by atoms with Crippen LogP contribution in [0.25, 0.3) is 66.6 Å². The molecule has 0 spiro atoms. The zero-order chi connectivity index (χ0) is 27.8. The third-order valence-electron chi connectivity index (χ3n) is 7.55. The fraction of sp³-hybridized carbons (Fsp3) is 0.0556. The maximum absolute atomic E-state index is 5.44. The number of aromatic nitrogens is 3. The maximum Gasteiger partial charge on any atom is 0.118 e. The summed E-state index contributed by atoms with van der Waals surface area (Å²) in [6.07, 6.45) is 3.94. The number of nitrogens with zero attached hydrogens (tertiary/aromatic N) is 2. The molecule has 5 heteroatoms. The highest BCUT2D eigenvalue weighted by Crippen LogP contribution is 2.44. The van der Waals surface area contributed by atoms with Crippen LogP contribution in [0.2, 0.25) is 0 Å². The summed E-state index contributed by atoms with van der Waals surface area (Å²) in [5.41, 5.74) is 10.1. The summed E-state index contributed by atoms with van der Waals surface area (Å²) in [6.45, 7) is 0. The zero-order valence-corrected chi connectivity index (χ0v) is 22.8. The highest BCUT2D eigenvalue weighted by molar-refractivity contribution is 6.23. The molecular weight excluding hydrogens is 506 g/mol. The Morgan fingerprint density at radius 3 is 1.22 bits per heavy atom. The second-order valence-electron chi connectivity index (χ2n) is 9.86. The second kappa shape index (κ2) is 10.3. The Morgan fingerprint density at radius 1 is 0.463 bits per heavy atom. The van der Waals surface area contributed by atoms with Crippen LogP contribution >= 0.6 is 0 Å². The molecule has 0 aliphatic rings. The molecule has 0 saturated heterocycles. The van der Waals surface area contributed by atoms with Gasteiger partial charge in [-0.25, -0.2) is 0 Å². The smallest absolute Gasteiger partial charge is 0.118 e. The number of fused-ring (bicyclic) bond motifs is 3. The summed E-state index contributed by atoms with van der Waals surface area (Å²) in [7, 11) is 3.36. The number of hydrogen-bond donors (Lipinski definition) is 1. The number of ether oxygens (including phenoxy) is 2. The monoisotopic (exact) mass is 533 g/mol. The predicted octanol–water partition coefficient (Wildman–Crippen LogP) is 8.80. The van der Waals surface area contributed by atoms with Gasteiger partial charge in [-0.3, -0.25) is 9.97 Å². The molecule has 0 fully saturated rings. The number of hydrogen-bond acceptors (Lipinski definition) is 4. The molecule has 7 aromatic rings. The summed E-state index contributed by atoms with van der Waals surface area (Å²) in [5.74, 6) is 1.61. The van der Waals surface area contributed by atoms with Crippen LogP contribution in [0.3, 0.4) is 0 Å². The molecule has 198 valence electrons. The van der Waals surface area contributed by atoms with Crippen LogP contribution in [0.15, 0.2) is 122 Å². The Kier molecular flexibility index (Phi) is 6.17. The van der Waals surface area contributed by atoms with Gasteiger partial charge in [0, 0.05) is 45.4 Å². The second-order valence-corrected chi connectivity index (χ2v) is 9.86. The Labute approximate surface area is 238 Å². The molecule has 5 nitrogen and oxygen atoms in total. The van der Waals surface area contributed by atoms with E-state index in [2.05, 4.69) is 77.8 Å². The fourth-order valence-electron chi connectivity index (χ4n) is 5.50. The van der Waals surface area contributed by atoms with Gasteiger partial charge in [-0.05, 0) is 59.7 Å². The molecule has 1 N–H and O–H groups in total. The summed E-state index contributed by atoms with van der Waals surface area (Å²) < 4.78 is 10.9. The van der Waals surface area contributed by atoms with E-state index in [1.165, 1.54) is 0 Å². The standard InChI is InChI=1S/C36H27N3O2/c1-40-27-17-13-25(14-18-27)33-31-32-34(26-15-19-28(41-2)20-16-26)38-22-30(24-11-7-4-8-12-24)36(32)39-35(31)29(21-37-33)23-9-5-3-6-10-23/h3-22,39H,1-2H3. The molecular formula is C36H27N3O2. The van der Waals surface area contributed by atoms with E-state index in [9.17, 15) is 0 Å². The van der Waals surface area contributed by atoms with E-state index in [0.717, 1.165) is 78.1 Å². The molecule has 7 rings (SSSR count). The van der Waals surface area contributed by atoms with Crippen molar-refractivity contribution in [1.29, 1.82) is 0 Å². The van der Waals surface area contributed by atoms with Gasteiger partial charge in [0.05, 0.1) is 36.6 Å². The number of pyridine rings is 2. The van der Waals surface area contributed by atoms with Crippen molar-refractivity contribution in [3.8, 4) is 56.3 Å². The highest BCUT2D eigenvalue weighted by Gasteiger charge is 2.22. The first-order valence-corrected chi connectivity index (χ1v) is 13.5. The van der Waals surface area contributed by atoms with Gasteiger partial charge in [-0.15, -0.1) is 0 Å². The lowest BCUT2D eigenvalue weighted by atomic mass is 9.96. The third-order valence-corrected chi connectivity index (χ3v) is 7.55. The average molecular weight is 534 g/mol. The van der Waals surface area contributed by atoms with E-state index in [-0.39, 0.29) is 0 Å². The Morgan fingerprint density at radius 2 is 0.854 bits per heavy atom. The minimum atomic E-state index is 0.803. The molecule has 3 heterocycles. The summed E-state index contributed by atoms with van der Waals surface area (Å²) >= 11 is 0. The lowest BCUT2D eigenvalue weighted by molar-refractivity contribution is 0.415. The SMILES string of the molecule is COc1ccc(-c2ncc(-c3ccccc3)c3[nH]c4c(-c5ccccc5)cnc(-c5ccc(OC)cc5)c4c23)cc1. The Hall–Kier alpha value is -5.42. The molecule has 0 bridgehead atoms. The number of nitrogens with one attached hydrogen (secondary N) is 1. The molecule has 0 amide bonds. The van der Waals surface area contributed by atoms with Crippen LogP contribution in [0.1, 0.15) is 0 Å². The molecule has 0 radical (unpaired) electrons. The van der Waals surface area contributed by atoms with E-state index in [1.807, 2.05) is 48.8 Å². The van der Waals surface area contributed by atoms with Gasteiger partial charge in [0.2, 0.25) is 0 Å². The fourth-order valence-corrected chi connectivity index (χ4v) is 5.50. The summed E-state index contributed by atoms with van der Waals surface area (Å²) in [6, 6.07) is 36.9. The van der Waals surface area contributed by atoms with Crippen LogP contribution < -0.4 is 9.47 Å². The predicted molar refractivity (Wildman–Crippen MR) is 166 cm³/mol. The quantitative estimate of drug-likeness (QED) is 0.232. The maximum atomic E-state index is 5.44. The first-order valence-electron chi connectivity index (χ1n) is 13.5. The topological polar surface area (TPSA) is 60.0 Å². The lowest BCUT2D eigenvalue weighted by Gasteiger charge is -2.11. The van der Waals surface area contributed by atoms with Crippen molar-refractivity contribution < 1.29 is 9.47 Å². The van der Waals surface area contributed by atoms with Gasteiger partial charge in [0.15, 0.2) is 0 Å². The number of aromatic amines is 1. The van der Waals surface area contributed by atoms with Crippen LogP contribution in [0.5, 0.6) is 11.5 Å². The Bertz CT molecular complexity index is 1840. The molecule has 0 atom stereocenters. The van der Waals surface area contributed by atoms with Crippen LogP contribution in [-0.2, 0) is 0 Å². The van der Waals surface area contributed by atoms with Gasteiger partial charge < -0.3 is 14.5 Å². The number of rotatable bonds is 6. The zero-order valence-electron chi connectivity index (χ0n) is 22.8. The van der Waals surface area contributed by atoms with Gasteiger partial charge in [0.1, 0.15) is 11.5 Å². The minimum Gasteiger partial charge on any atom is -0.497 e. The first kappa shape index (κ1) is 24.6. The van der Waals surface area contributed by atoms with Crippen molar-refractivity contribution >= 4 is 21.8 Å². The molecule has 3 aromatic heterocycles. The largest absolute Gasteiger partial charge is 0.497 e. The van der Waals surface area contributed by atoms with Crippen molar-refractivity contribution in [1.82, 2.24) is 15.0 Å². The average Bonchev–Trinajstić information content (AvgIpc) is 3.46. The van der Waals surface area contributed by atoms with E-state index in [0.29, 0.717) is 0 Å². The Balaban J connectivity index is 1.63. The van der Waals surface area contributed by atoms with Gasteiger partial charge in [0.25, 0.3) is 0 Å². The molecule has 4 aromatic carbocycles. The normalized spacial score (nSPS) is 11.2. The highest BCUT2D eigenvalue weighted by atomic mass is 16.5. The molecule has 41 heavy (non-hydrogen) atoms. The van der Waals surface area contributed by atoms with E-state index < -0.39 is 0 Å². The van der Waals surface area contributed by atoms with Crippen LogP contribution in [-0.4, -0.2) is 29.2 Å². The number of methoxy groups -OCH3 is 2. The molecule has 0 aliphatic carbocycles. The van der Waals surface area contributed by atoms with Gasteiger partial charge in [-0.2, -0.15) is 0 Å². The van der Waals surface area contributed by atoms with Crippen molar-refractivity contribution in [2.24, 2.45) is 0 Å². The number of H-pyrrole nitrogens is 1. The summed E-state index contributed by atoms with van der Waals surface area (Å²) in [4.78, 5) is 14.0. The van der Waals surface area contributed by atoms with E-state index >= 15 is 0 Å². The van der Waals surface area contributed by atoms with Crippen molar-refractivity contribution in [2.75, 3.05) is 14.2 Å². The van der Waals surface area contributed by atoms with Crippen molar-refractivity contribution in [2.45, 2.75) is 0 Å². The van der Waals surface area contributed by atoms with Crippen LogP contribution in [0, 0.1) is 0 Å². The van der Waals surface area contributed by atoms with Gasteiger partial charge in [-0.1, -0.05) is 60.7 Å². The third kappa shape index (κ3) is 4.28. The van der Waals surface area contributed by atoms with Gasteiger partial charge >= 0.3 is 0 Å². The summed E-state index contributed by atoms with van der Waals surface area (Å²) in [5, 5.41) is 2.06. The minimum absolute atomic E-state index is 0.803. The lowest BCUT2D eigenvalue weighted by Crippen LogP contribution is -1.92. The van der Waals surface area contributed by atoms with Crippen molar-refractivity contribution in [3.05, 3.63) is 122 Å². The molecule has 0 saturated carbocycles.